The summed E-state index contributed by atoms with van der Waals surface area (Å²) in [6.07, 6.45) is 3.86. The number of Topliss-reactive ketones (excluding diaryl/α,β-unsaturated/α-hetero) is 1. The molecule has 1 aromatic heterocycles. The summed E-state index contributed by atoms with van der Waals surface area (Å²) in [5.74, 6) is 0.306. The molecule has 88 valence electrons. The van der Waals surface area contributed by atoms with Crippen molar-refractivity contribution in [2.75, 3.05) is 0 Å². The number of carbonyl (C=O) groups is 1. The van der Waals surface area contributed by atoms with Crippen LogP contribution in [-0.4, -0.2) is 10.4 Å². The van der Waals surface area contributed by atoms with Crippen molar-refractivity contribution in [3.05, 3.63) is 35.5 Å². The number of ketones is 1. The minimum Gasteiger partial charge on any atom is -0.338 e. The molecule has 2 heterocycles. The van der Waals surface area contributed by atoms with Crippen molar-refractivity contribution in [3.63, 3.8) is 0 Å². The number of benzene rings is 1. The van der Waals surface area contributed by atoms with Crippen LogP contribution in [0.2, 0.25) is 0 Å². The van der Waals surface area contributed by atoms with Crippen molar-refractivity contribution in [2.24, 2.45) is 0 Å². The molecule has 0 amide bonds. The van der Waals surface area contributed by atoms with Gasteiger partial charge in [0, 0.05) is 23.9 Å². The fraction of sp³-hybridized carbons (Fsp3) is 0.400. The third-order valence-electron chi connectivity index (χ3n) is 3.74. The molecule has 1 aromatic carbocycles. The summed E-state index contributed by atoms with van der Waals surface area (Å²) < 4.78 is 2.21. The Bertz CT molecular complexity index is 580. The molecule has 2 aromatic rings. The molecular weight excluding hydrogens is 210 g/mol. The molecule has 0 bridgehead atoms. The lowest BCUT2D eigenvalue weighted by atomic mass is 10.1. The van der Waals surface area contributed by atoms with Gasteiger partial charge in [-0.1, -0.05) is 19.1 Å². The van der Waals surface area contributed by atoms with E-state index in [-0.39, 0.29) is 0 Å². The second kappa shape index (κ2) is 4.02. The van der Waals surface area contributed by atoms with Gasteiger partial charge < -0.3 is 4.57 Å². The van der Waals surface area contributed by atoms with Gasteiger partial charge in [0.2, 0.25) is 0 Å². The number of nitrogens with zero attached hydrogens (tertiary/aromatic N) is 1. The topological polar surface area (TPSA) is 22.0 Å². The molecule has 0 spiro atoms. The van der Waals surface area contributed by atoms with Crippen molar-refractivity contribution in [3.8, 4) is 0 Å². The van der Waals surface area contributed by atoms with Gasteiger partial charge in [-0.25, -0.2) is 0 Å². The van der Waals surface area contributed by atoms with E-state index in [9.17, 15) is 4.79 Å². The highest BCUT2D eigenvalue weighted by Gasteiger charge is 2.18. The van der Waals surface area contributed by atoms with Gasteiger partial charge in [0.15, 0.2) is 5.78 Å². The highest BCUT2D eigenvalue weighted by Crippen LogP contribution is 2.27. The molecule has 0 atom stereocenters. The normalized spacial score (nSPS) is 15.9. The number of hydrogen-bond donors (Lipinski definition) is 0. The Morgan fingerprint density at radius 2 is 2.18 bits per heavy atom. The zero-order chi connectivity index (χ0) is 11.8. The Hall–Kier alpha value is -1.57. The van der Waals surface area contributed by atoms with E-state index in [1.54, 1.807) is 0 Å². The average molecular weight is 227 g/mol. The van der Waals surface area contributed by atoms with E-state index in [0.29, 0.717) is 12.2 Å². The van der Waals surface area contributed by atoms with Crippen molar-refractivity contribution >= 4 is 16.7 Å². The van der Waals surface area contributed by atoms with Crippen LogP contribution in [0.1, 0.15) is 42.2 Å². The number of aryl methyl sites for hydroxylation is 2. The summed E-state index contributed by atoms with van der Waals surface area (Å²) in [5, 5.41) is 1.26. The zero-order valence-corrected chi connectivity index (χ0v) is 10.2. The maximum absolute atomic E-state index is 12.1. The van der Waals surface area contributed by atoms with Gasteiger partial charge in [-0.3, -0.25) is 4.79 Å². The summed E-state index contributed by atoms with van der Waals surface area (Å²) in [6, 6.07) is 8.49. The van der Waals surface area contributed by atoms with Crippen molar-refractivity contribution in [2.45, 2.75) is 39.2 Å². The van der Waals surface area contributed by atoms with Gasteiger partial charge in [-0.05, 0) is 37.0 Å². The molecule has 0 fully saturated rings. The van der Waals surface area contributed by atoms with Gasteiger partial charge >= 0.3 is 0 Å². The Morgan fingerprint density at radius 1 is 1.29 bits per heavy atom. The Morgan fingerprint density at radius 3 is 3.00 bits per heavy atom. The predicted octanol–water partition coefficient (Wildman–Crippen LogP) is 3.57. The molecule has 2 heteroatoms. The summed E-state index contributed by atoms with van der Waals surface area (Å²) >= 11 is 0. The molecule has 17 heavy (non-hydrogen) atoms. The third kappa shape index (κ3) is 1.59. The van der Waals surface area contributed by atoms with Crippen molar-refractivity contribution in [1.82, 2.24) is 4.57 Å². The maximum Gasteiger partial charge on any atom is 0.179 e. The SMILES string of the molecule is CCc1cccc2c1cc1n2CCCCC1=O. The first-order chi connectivity index (χ1) is 8.31. The van der Waals surface area contributed by atoms with Crippen LogP contribution in [0, 0.1) is 0 Å². The minimum absolute atomic E-state index is 0.306. The predicted molar refractivity (Wildman–Crippen MR) is 69.5 cm³/mol. The van der Waals surface area contributed by atoms with Gasteiger partial charge in [0.25, 0.3) is 0 Å². The van der Waals surface area contributed by atoms with E-state index in [0.717, 1.165) is 31.5 Å². The van der Waals surface area contributed by atoms with E-state index in [2.05, 4.69) is 35.8 Å². The summed E-state index contributed by atoms with van der Waals surface area (Å²) in [7, 11) is 0. The van der Waals surface area contributed by atoms with Crippen LogP contribution in [-0.2, 0) is 13.0 Å². The van der Waals surface area contributed by atoms with Crippen molar-refractivity contribution in [1.29, 1.82) is 0 Å². The number of aromatic nitrogens is 1. The molecule has 0 N–H and O–H groups in total. The quantitative estimate of drug-likeness (QED) is 0.730. The highest BCUT2D eigenvalue weighted by molar-refractivity contribution is 6.01. The lowest BCUT2D eigenvalue weighted by molar-refractivity contribution is 0.0977. The first-order valence-corrected chi connectivity index (χ1v) is 6.45. The lowest BCUT2D eigenvalue weighted by Gasteiger charge is -2.05. The highest BCUT2D eigenvalue weighted by atomic mass is 16.1. The maximum atomic E-state index is 12.1. The molecule has 0 saturated heterocycles. The second-order valence-corrected chi connectivity index (χ2v) is 4.76. The second-order valence-electron chi connectivity index (χ2n) is 4.76. The standard InChI is InChI=1S/C15H17NO/c1-2-11-6-5-7-13-12(11)10-14-15(17)8-3-4-9-16(13)14/h5-7,10H,2-4,8-9H2,1H3. The van der Waals surface area contributed by atoms with Crippen LogP contribution >= 0.6 is 0 Å². The minimum atomic E-state index is 0.306. The molecule has 0 radical (unpaired) electrons. The fourth-order valence-corrected chi connectivity index (χ4v) is 2.81. The number of hydrogen-bond acceptors (Lipinski definition) is 1. The van der Waals surface area contributed by atoms with Crippen LogP contribution in [0.4, 0.5) is 0 Å². The van der Waals surface area contributed by atoms with Crippen molar-refractivity contribution < 1.29 is 4.79 Å². The lowest BCUT2D eigenvalue weighted by Crippen LogP contribution is -2.04. The average Bonchev–Trinajstić information content (AvgIpc) is 2.63. The smallest absolute Gasteiger partial charge is 0.179 e. The molecule has 0 aliphatic carbocycles. The van der Waals surface area contributed by atoms with Gasteiger partial charge in [0.05, 0.1) is 5.69 Å². The Kier molecular flexibility index (Phi) is 2.50. The largest absolute Gasteiger partial charge is 0.338 e. The van der Waals surface area contributed by atoms with E-state index in [1.807, 2.05) is 0 Å². The number of carbonyl (C=O) groups excluding carboxylic acids is 1. The first kappa shape index (κ1) is 10.6. The summed E-state index contributed by atoms with van der Waals surface area (Å²) in [6.45, 7) is 3.15. The number of fused-ring (bicyclic) bond motifs is 3. The Labute approximate surface area is 101 Å². The van der Waals surface area contributed by atoms with Gasteiger partial charge in [0.1, 0.15) is 0 Å². The van der Waals surface area contributed by atoms with Gasteiger partial charge in [-0.2, -0.15) is 0 Å². The molecule has 1 aliphatic rings. The van der Waals surface area contributed by atoms with Gasteiger partial charge in [-0.15, -0.1) is 0 Å². The third-order valence-corrected chi connectivity index (χ3v) is 3.74. The van der Waals surface area contributed by atoms with E-state index >= 15 is 0 Å². The van der Waals surface area contributed by atoms with E-state index in [4.69, 9.17) is 0 Å². The first-order valence-electron chi connectivity index (χ1n) is 6.45. The van der Waals surface area contributed by atoms with Crippen LogP contribution in [0.25, 0.3) is 10.9 Å². The molecule has 0 unspecified atom stereocenters. The summed E-state index contributed by atoms with van der Waals surface area (Å²) in [5.41, 5.74) is 3.49. The molecule has 3 rings (SSSR count). The molecular formula is C15H17NO. The van der Waals surface area contributed by atoms with Crippen LogP contribution < -0.4 is 0 Å². The number of rotatable bonds is 1. The zero-order valence-electron chi connectivity index (χ0n) is 10.2. The fourth-order valence-electron chi connectivity index (χ4n) is 2.81. The molecule has 2 nitrogen and oxygen atoms in total. The van der Waals surface area contributed by atoms with E-state index in [1.165, 1.54) is 16.5 Å². The monoisotopic (exact) mass is 227 g/mol. The van der Waals surface area contributed by atoms with Crippen LogP contribution in [0.15, 0.2) is 24.3 Å². The molecule has 1 aliphatic heterocycles. The van der Waals surface area contributed by atoms with Crippen LogP contribution in [0.3, 0.4) is 0 Å². The summed E-state index contributed by atoms with van der Waals surface area (Å²) in [4.78, 5) is 12.1. The van der Waals surface area contributed by atoms with E-state index < -0.39 is 0 Å². The molecule has 0 saturated carbocycles. The van der Waals surface area contributed by atoms with Crippen LogP contribution in [0.5, 0.6) is 0 Å². The Balaban J connectivity index is 2.30.